The van der Waals surface area contributed by atoms with Gasteiger partial charge in [-0.3, -0.25) is 9.59 Å². The van der Waals surface area contributed by atoms with Crippen LogP contribution in [0.2, 0.25) is 0 Å². The second-order valence-corrected chi connectivity index (χ2v) is 5.26. The summed E-state index contributed by atoms with van der Waals surface area (Å²) in [6, 6.07) is 6.12. The van der Waals surface area contributed by atoms with Gasteiger partial charge in [0, 0.05) is 13.0 Å². The Balaban J connectivity index is 2.40. The van der Waals surface area contributed by atoms with Crippen molar-refractivity contribution >= 4 is 11.8 Å². The molecule has 0 bridgehead atoms. The Morgan fingerprint density at radius 1 is 1.29 bits per heavy atom. The molecule has 2 N–H and O–H groups in total. The van der Waals surface area contributed by atoms with E-state index in [1.807, 2.05) is 13.8 Å². The number of halogens is 1. The zero-order valence-electron chi connectivity index (χ0n) is 13.7. The number of aryl methyl sites for hydroxylation is 1. The molecular formula is C16H20FN5O2. The first-order valence-corrected chi connectivity index (χ1v) is 7.76. The van der Waals surface area contributed by atoms with E-state index in [2.05, 4.69) is 10.1 Å². The quantitative estimate of drug-likeness (QED) is 0.826. The lowest BCUT2D eigenvalue weighted by Crippen LogP contribution is -2.39. The number of hydrogen-bond acceptors (Lipinski definition) is 4. The molecular weight excluding hydrogens is 313 g/mol. The number of para-hydroxylation sites is 1. The van der Waals surface area contributed by atoms with E-state index >= 15 is 0 Å². The van der Waals surface area contributed by atoms with Crippen LogP contribution in [0.1, 0.15) is 36.7 Å². The summed E-state index contributed by atoms with van der Waals surface area (Å²) in [5.41, 5.74) is 5.40. The van der Waals surface area contributed by atoms with Crippen molar-refractivity contribution in [2.75, 3.05) is 13.1 Å². The molecule has 0 unspecified atom stereocenters. The van der Waals surface area contributed by atoms with Crippen molar-refractivity contribution in [3.05, 3.63) is 41.7 Å². The van der Waals surface area contributed by atoms with Gasteiger partial charge in [0.25, 0.3) is 5.91 Å². The van der Waals surface area contributed by atoms with Gasteiger partial charge < -0.3 is 10.6 Å². The van der Waals surface area contributed by atoms with Crippen LogP contribution in [0.5, 0.6) is 0 Å². The average molecular weight is 333 g/mol. The zero-order chi connectivity index (χ0) is 17.7. The summed E-state index contributed by atoms with van der Waals surface area (Å²) >= 11 is 0. The number of benzene rings is 1. The molecule has 0 saturated carbocycles. The van der Waals surface area contributed by atoms with E-state index in [9.17, 15) is 14.0 Å². The Morgan fingerprint density at radius 3 is 2.58 bits per heavy atom. The molecule has 7 nitrogen and oxygen atoms in total. The molecule has 1 heterocycles. The van der Waals surface area contributed by atoms with Gasteiger partial charge in [-0.2, -0.15) is 0 Å². The number of amides is 2. The van der Waals surface area contributed by atoms with E-state index in [1.54, 1.807) is 18.2 Å². The number of nitrogens with two attached hydrogens (primary N) is 1. The van der Waals surface area contributed by atoms with Gasteiger partial charge in [0.05, 0.1) is 6.54 Å². The van der Waals surface area contributed by atoms with Gasteiger partial charge in [0.2, 0.25) is 11.7 Å². The molecule has 2 aromatic rings. The summed E-state index contributed by atoms with van der Waals surface area (Å²) in [5, 5.41) is 4.14. The summed E-state index contributed by atoms with van der Waals surface area (Å²) in [5.74, 6) is -1.19. The van der Waals surface area contributed by atoms with Crippen LogP contribution in [0.4, 0.5) is 4.39 Å². The molecule has 2 amide bonds. The molecule has 0 atom stereocenters. The van der Waals surface area contributed by atoms with Crippen molar-refractivity contribution in [2.24, 2.45) is 5.73 Å². The third-order valence-corrected chi connectivity index (χ3v) is 3.39. The van der Waals surface area contributed by atoms with Crippen LogP contribution in [0, 0.1) is 5.82 Å². The smallest absolute Gasteiger partial charge is 0.294 e. The topological polar surface area (TPSA) is 94.1 Å². The second-order valence-electron chi connectivity index (χ2n) is 5.26. The number of carbonyl (C=O) groups excluding carboxylic acids is 2. The number of carbonyl (C=O) groups is 2. The minimum Gasteiger partial charge on any atom is -0.368 e. The van der Waals surface area contributed by atoms with Gasteiger partial charge in [-0.1, -0.05) is 26.0 Å². The minimum atomic E-state index is -0.610. The number of primary amides is 1. The maximum atomic E-state index is 14.0. The maximum Gasteiger partial charge on any atom is 0.294 e. The molecule has 0 radical (unpaired) electrons. The van der Waals surface area contributed by atoms with Crippen molar-refractivity contribution in [2.45, 2.75) is 26.7 Å². The van der Waals surface area contributed by atoms with Crippen molar-refractivity contribution in [1.29, 1.82) is 0 Å². The highest BCUT2D eigenvalue weighted by Gasteiger charge is 2.23. The lowest BCUT2D eigenvalue weighted by Gasteiger charge is -2.18. The molecule has 0 spiro atoms. The third kappa shape index (κ3) is 3.76. The van der Waals surface area contributed by atoms with Crippen LogP contribution in [0.15, 0.2) is 24.3 Å². The molecule has 1 aromatic carbocycles. The minimum absolute atomic E-state index is 0.0789. The predicted molar refractivity (Wildman–Crippen MR) is 86.1 cm³/mol. The Kier molecular flexibility index (Phi) is 5.62. The van der Waals surface area contributed by atoms with Crippen molar-refractivity contribution in [1.82, 2.24) is 19.7 Å². The summed E-state index contributed by atoms with van der Waals surface area (Å²) in [6.07, 6.45) is 1.13. The van der Waals surface area contributed by atoms with Gasteiger partial charge in [-0.25, -0.2) is 14.1 Å². The lowest BCUT2D eigenvalue weighted by atomic mass is 10.3. The molecule has 0 saturated heterocycles. The monoisotopic (exact) mass is 333 g/mol. The molecule has 1 aromatic heterocycles. The first kappa shape index (κ1) is 17.6. The van der Waals surface area contributed by atoms with Gasteiger partial charge in [-0.15, -0.1) is 5.10 Å². The average Bonchev–Trinajstić information content (AvgIpc) is 2.98. The van der Waals surface area contributed by atoms with E-state index in [1.165, 1.54) is 15.6 Å². The first-order valence-electron chi connectivity index (χ1n) is 7.76. The van der Waals surface area contributed by atoms with Gasteiger partial charge in [0.15, 0.2) is 0 Å². The van der Waals surface area contributed by atoms with Gasteiger partial charge >= 0.3 is 0 Å². The number of rotatable bonds is 7. The largest absolute Gasteiger partial charge is 0.368 e. The highest BCUT2D eigenvalue weighted by molar-refractivity contribution is 5.93. The van der Waals surface area contributed by atoms with E-state index in [-0.39, 0.29) is 18.1 Å². The number of nitrogens with zero attached hydrogens (tertiary/aromatic N) is 4. The predicted octanol–water partition coefficient (Wildman–Crippen LogP) is 1.31. The fraction of sp³-hybridized carbons (Fsp3) is 0.375. The SMILES string of the molecule is CCCN(CC(N)=O)C(=O)c1nc(CC)n(-c2ccccc2F)n1. The summed E-state index contributed by atoms with van der Waals surface area (Å²) in [7, 11) is 0. The molecule has 0 fully saturated rings. The molecule has 2 rings (SSSR count). The molecule has 0 aliphatic heterocycles. The Bertz CT molecular complexity index is 744. The van der Waals surface area contributed by atoms with E-state index < -0.39 is 17.6 Å². The van der Waals surface area contributed by atoms with Crippen LogP contribution in [0.3, 0.4) is 0 Å². The first-order chi connectivity index (χ1) is 11.5. The van der Waals surface area contributed by atoms with Crippen LogP contribution in [-0.2, 0) is 11.2 Å². The van der Waals surface area contributed by atoms with Crippen LogP contribution in [0.25, 0.3) is 5.69 Å². The summed E-state index contributed by atoms with van der Waals surface area (Å²) in [4.78, 5) is 29.2. The fourth-order valence-electron chi connectivity index (χ4n) is 2.33. The van der Waals surface area contributed by atoms with Crippen LogP contribution in [-0.4, -0.2) is 44.6 Å². The highest BCUT2D eigenvalue weighted by Crippen LogP contribution is 2.15. The van der Waals surface area contributed by atoms with E-state index in [0.717, 1.165) is 0 Å². The third-order valence-electron chi connectivity index (χ3n) is 3.39. The van der Waals surface area contributed by atoms with E-state index in [0.29, 0.717) is 25.2 Å². The second kappa shape index (κ2) is 7.67. The Morgan fingerprint density at radius 2 is 2.00 bits per heavy atom. The van der Waals surface area contributed by atoms with Crippen molar-refractivity contribution in [3.8, 4) is 5.69 Å². The summed E-state index contributed by atoms with van der Waals surface area (Å²) < 4.78 is 15.3. The van der Waals surface area contributed by atoms with Crippen molar-refractivity contribution < 1.29 is 14.0 Å². The molecule has 0 aliphatic carbocycles. The molecule has 24 heavy (non-hydrogen) atoms. The molecule has 0 aliphatic rings. The maximum absolute atomic E-state index is 14.0. The normalized spacial score (nSPS) is 10.6. The highest BCUT2D eigenvalue weighted by atomic mass is 19.1. The number of aromatic nitrogens is 3. The fourth-order valence-corrected chi connectivity index (χ4v) is 2.33. The number of hydrogen-bond donors (Lipinski definition) is 1. The van der Waals surface area contributed by atoms with Gasteiger partial charge in [0.1, 0.15) is 17.3 Å². The molecule has 8 heteroatoms. The van der Waals surface area contributed by atoms with E-state index in [4.69, 9.17) is 5.73 Å². The van der Waals surface area contributed by atoms with Gasteiger partial charge in [-0.05, 0) is 18.6 Å². The Hall–Kier alpha value is -2.77. The molecule has 128 valence electrons. The summed E-state index contributed by atoms with van der Waals surface area (Å²) in [6.45, 7) is 3.87. The lowest BCUT2D eigenvalue weighted by molar-refractivity contribution is -0.118. The Labute approximate surface area is 139 Å². The zero-order valence-corrected chi connectivity index (χ0v) is 13.7. The van der Waals surface area contributed by atoms with Crippen LogP contribution < -0.4 is 5.73 Å². The standard InChI is InChI=1S/C16H20FN5O2/c1-3-9-21(10-13(18)23)16(24)15-19-14(4-2)22(20-15)12-8-6-5-7-11(12)17/h5-8H,3-4,9-10H2,1-2H3,(H2,18,23). The van der Waals surface area contributed by atoms with Crippen LogP contribution >= 0.6 is 0 Å². The van der Waals surface area contributed by atoms with Crippen molar-refractivity contribution in [3.63, 3.8) is 0 Å².